The van der Waals surface area contributed by atoms with Gasteiger partial charge >= 0.3 is 5.97 Å². The van der Waals surface area contributed by atoms with Crippen LogP contribution in [0.15, 0.2) is 55.0 Å². The summed E-state index contributed by atoms with van der Waals surface area (Å²) in [5.41, 5.74) is 3.83. The molecule has 3 rings (SSSR count). The van der Waals surface area contributed by atoms with Crippen molar-refractivity contribution in [3.63, 3.8) is 0 Å². The summed E-state index contributed by atoms with van der Waals surface area (Å²) in [7, 11) is 4.75. The zero-order chi connectivity index (χ0) is 19.9. The molecule has 0 amide bonds. The quantitative estimate of drug-likeness (QED) is 0.585. The van der Waals surface area contributed by atoms with Crippen LogP contribution in [-0.4, -0.2) is 48.7 Å². The Morgan fingerprint density at radius 2 is 1.71 bits per heavy atom. The number of anilines is 1. The molecule has 144 valence electrons. The summed E-state index contributed by atoms with van der Waals surface area (Å²) in [5.74, 6) is 0.915. The Labute approximate surface area is 164 Å². The fourth-order valence-corrected chi connectivity index (χ4v) is 2.85. The van der Waals surface area contributed by atoms with Crippen LogP contribution >= 0.6 is 0 Å². The maximum atomic E-state index is 11.4. The van der Waals surface area contributed by atoms with Gasteiger partial charge in [-0.1, -0.05) is 24.3 Å². The summed E-state index contributed by atoms with van der Waals surface area (Å²) < 4.78 is 10.2. The standard InChI is InChI=1S/C21H22N4O3/c1-25(14-20(26)28-3)21-23-12-15(13-24-21)11-18-16(8-6-10-22-18)17-7-4-5-9-19(17)27-2/h4-10,12-13H,11,14H2,1-3H3. The Kier molecular flexibility index (Phi) is 6.16. The average molecular weight is 378 g/mol. The summed E-state index contributed by atoms with van der Waals surface area (Å²) in [4.78, 5) is 26.3. The van der Waals surface area contributed by atoms with Crippen LogP contribution in [-0.2, 0) is 16.0 Å². The number of aromatic nitrogens is 3. The van der Waals surface area contributed by atoms with E-state index in [9.17, 15) is 4.79 Å². The topological polar surface area (TPSA) is 77.4 Å². The molecule has 0 bridgehead atoms. The molecule has 7 nitrogen and oxygen atoms in total. The lowest BCUT2D eigenvalue weighted by atomic mass is 10.00. The van der Waals surface area contributed by atoms with Crippen molar-refractivity contribution in [2.75, 3.05) is 32.7 Å². The van der Waals surface area contributed by atoms with Gasteiger partial charge in [-0.15, -0.1) is 0 Å². The average Bonchev–Trinajstić information content (AvgIpc) is 2.74. The predicted molar refractivity (Wildman–Crippen MR) is 106 cm³/mol. The van der Waals surface area contributed by atoms with Crippen LogP contribution in [0, 0.1) is 0 Å². The van der Waals surface area contributed by atoms with E-state index in [0.717, 1.165) is 28.1 Å². The fraction of sp³-hybridized carbons (Fsp3) is 0.238. The number of para-hydroxylation sites is 1. The smallest absolute Gasteiger partial charge is 0.325 e. The lowest BCUT2D eigenvalue weighted by molar-refractivity contribution is -0.138. The van der Waals surface area contributed by atoms with Gasteiger partial charge in [-0.2, -0.15) is 0 Å². The highest BCUT2D eigenvalue weighted by Gasteiger charge is 2.13. The first kappa shape index (κ1) is 19.3. The minimum absolute atomic E-state index is 0.0913. The molecule has 3 aromatic rings. The summed E-state index contributed by atoms with van der Waals surface area (Å²) in [6.45, 7) is 0.0913. The maximum Gasteiger partial charge on any atom is 0.325 e. The monoisotopic (exact) mass is 378 g/mol. The van der Waals surface area contributed by atoms with Crippen molar-refractivity contribution < 1.29 is 14.3 Å². The third-order valence-electron chi connectivity index (χ3n) is 4.29. The Morgan fingerprint density at radius 3 is 2.43 bits per heavy atom. The summed E-state index contributed by atoms with van der Waals surface area (Å²) in [5, 5.41) is 0. The van der Waals surface area contributed by atoms with Crippen LogP contribution in [0.3, 0.4) is 0 Å². The number of likely N-dealkylation sites (N-methyl/N-ethyl adjacent to an activating group) is 1. The van der Waals surface area contributed by atoms with Gasteiger partial charge in [0, 0.05) is 43.2 Å². The second kappa shape index (κ2) is 8.94. The van der Waals surface area contributed by atoms with E-state index >= 15 is 0 Å². The van der Waals surface area contributed by atoms with Crippen molar-refractivity contribution in [1.29, 1.82) is 0 Å². The third kappa shape index (κ3) is 4.43. The minimum Gasteiger partial charge on any atom is -0.496 e. The maximum absolute atomic E-state index is 11.4. The van der Waals surface area contributed by atoms with Crippen LogP contribution < -0.4 is 9.64 Å². The second-order valence-electron chi connectivity index (χ2n) is 6.20. The molecule has 0 spiro atoms. The normalized spacial score (nSPS) is 10.4. The van der Waals surface area contributed by atoms with Gasteiger partial charge in [-0.3, -0.25) is 9.78 Å². The van der Waals surface area contributed by atoms with Crippen molar-refractivity contribution in [2.45, 2.75) is 6.42 Å². The Hall–Kier alpha value is -3.48. The van der Waals surface area contributed by atoms with Crippen molar-refractivity contribution in [2.24, 2.45) is 0 Å². The van der Waals surface area contributed by atoms with Crippen LogP contribution in [0.1, 0.15) is 11.3 Å². The van der Waals surface area contributed by atoms with Gasteiger partial charge in [0.1, 0.15) is 12.3 Å². The molecule has 0 fully saturated rings. The first-order chi connectivity index (χ1) is 13.6. The molecule has 0 aliphatic rings. The molecule has 0 radical (unpaired) electrons. The van der Waals surface area contributed by atoms with Crippen molar-refractivity contribution in [3.05, 3.63) is 66.2 Å². The van der Waals surface area contributed by atoms with E-state index in [-0.39, 0.29) is 12.5 Å². The molecule has 7 heteroatoms. The number of hydrogen-bond donors (Lipinski definition) is 0. The number of carbonyl (C=O) groups is 1. The first-order valence-corrected chi connectivity index (χ1v) is 8.78. The van der Waals surface area contributed by atoms with Crippen LogP contribution in [0.25, 0.3) is 11.1 Å². The lowest BCUT2D eigenvalue weighted by Crippen LogP contribution is -2.27. The van der Waals surface area contributed by atoms with Crippen LogP contribution in [0.5, 0.6) is 5.75 Å². The van der Waals surface area contributed by atoms with E-state index in [2.05, 4.69) is 19.7 Å². The molecule has 2 heterocycles. The summed E-state index contributed by atoms with van der Waals surface area (Å²) in [6.07, 6.45) is 5.84. The van der Waals surface area contributed by atoms with E-state index in [1.807, 2.05) is 36.4 Å². The van der Waals surface area contributed by atoms with Gasteiger partial charge in [-0.25, -0.2) is 9.97 Å². The van der Waals surface area contributed by atoms with E-state index < -0.39 is 0 Å². The molecule has 28 heavy (non-hydrogen) atoms. The number of nitrogens with zero attached hydrogens (tertiary/aromatic N) is 4. The van der Waals surface area contributed by atoms with Gasteiger partial charge in [-0.05, 0) is 17.7 Å². The molecule has 0 aliphatic heterocycles. The Bertz CT molecular complexity index is 944. The van der Waals surface area contributed by atoms with E-state index in [0.29, 0.717) is 12.4 Å². The zero-order valence-corrected chi connectivity index (χ0v) is 16.1. The molecule has 0 saturated carbocycles. The number of carbonyl (C=O) groups excluding carboxylic acids is 1. The summed E-state index contributed by atoms with van der Waals surface area (Å²) >= 11 is 0. The van der Waals surface area contributed by atoms with Crippen molar-refractivity contribution in [3.8, 4) is 16.9 Å². The number of rotatable bonds is 7. The molecule has 0 aliphatic carbocycles. The van der Waals surface area contributed by atoms with Crippen LogP contribution in [0.2, 0.25) is 0 Å². The van der Waals surface area contributed by atoms with Crippen molar-refractivity contribution in [1.82, 2.24) is 15.0 Å². The highest BCUT2D eigenvalue weighted by molar-refractivity contribution is 5.74. The van der Waals surface area contributed by atoms with E-state index in [1.165, 1.54) is 7.11 Å². The van der Waals surface area contributed by atoms with Gasteiger partial charge in [0.2, 0.25) is 5.95 Å². The molecule has 0 N–H and O–H groups in total. The number of esters is 1. The number of pyridine rings is 1. The summed E-state index contributed by atoms with van der Waals surface area (Å²) in [6, 6.07) is 11.8. The fourth-order valence-electron chi connectivity index (χ4n) is 2.85. The molecular formula is C21H22N4O3. The van der Waals surface area contributed by atoms with Gasteiger partial charge < -0.3 is 14.4 Å². The van der Waals surface area contributed by atoms with Gasteiger partial charge in [0.15, 0.2) is 0 Å². The van der Waals surface area contributed by atoms with Crippen molar-refractivity contribution >= 4 is 11.9 Å². The van der Waals surface area contributed by atoms with Crippen LogP contribution in [0.4, 0.5) is 5.95 Å². The number of hydrogen-bond acceptors (Lipinski definition) is 7. The Morgan fingerprint density at radius 1 is 1.00 bits per heavy atom. The van der Waals surface area contributed by atoms with Gasteiger partial charge in [0.05, 0.1) is 19.9 Å². The molecule has 1 aromatic carbocycles. The Balaban J connectivity index is 1.82. The zero-order valence-electron chi connectivity index (χ0n) is 16.1. The largest absolute Gasteiger partial charge is 0.496 e. The third-order valence-corrected chi connectivity index (χ3v) is 4.29. The molecule has 0 atom stereocenters. The highest BCUT2D eigenvalue weighted by Crippen LogP contribution is 2.32. The lowest BCUT2D eigenvalue weighted by Gasteiger charge is -2.15. The van der Waals surface area contributed by atoms with E-state index in [4.69, 9.17) is 4.74 Å². The molecule has 0 unspecified atom stereocenters. The highest BCUT2D eigenvalue weighted by atomic mass is 16.5. The number of ether oxygens (including phenoxy) is 2. The number of methoxy groups -OCH3 is 2. The SMILES string of the molecule is COC(=O)CN(C)c1ncc(Cc2ncccc2-c2ccccc2OC)cn1. The number of benzene rings is 1. The second-order valence-corrected chi connectivity index (χ2v) is 6.20. The minimum atomic E-state index is -0.342. The van der Waals surface area contributed by atoms with E-state index in [1.54, 1.807) is 37.6 Å². The molecular weight excluding hydrogens is 356 g/mol. The molecule has 0 saturated heterocycles. The predicted octanol–water partition coefficient (Wildman–Crippen LogP) is 2.75. The first-order valence-electron chi connectivity index (χ1n) is 8.78. The molecule has 2 aromatic heterocycles. The van der Waals surface area contributed by atoms with Gasteiger partial charge in [0.25, 0.3) is 0 Å².